The van der Waals surface area contributed by atoms with E-state index in [1.165, 1.54) is 5.51 Å². The molecule has 1 aromatic rings. The van der Waals surface area contributed by atoms with E-state index in [4.69, 9.17) is 5.11 Å². The van der Waals surface area contributed by atoms with Crippen molar-refractivity contribution in [2.24, 2.45) is 0 Å². The van der Waals surface area contributed by atoms with Gasteiger partial charge in [0.1, 0.15) is 5.51 Å². The van der Waals surface area contributed by atoms with E-state index in [-0.39, 0.29) is 5.82 Å². The number of aliphatic carboxylic acids is 1. The Morgan fingerprint density at radius 1 is 1.60 bits per heavy atom. The average Bonchev–Trinajstić information content (AvgIpc) is 2.36. The molecule has 0 bridgehead atoms. The minimum Gasteiger partial charge on any atom is -0.475 e. The van der Waals surface area contributed by atoms with Gasteiger partial charge < -0.3 is 5.11 Å². The molecule has 0 radical (unpaired) electrons. The summed E-state index contributed by atoms with van der Waals surface area (Å²) in [5, 5.41) is 8.13. The van der Waals surface area contributed by atoms with E-state index in [0.717, 1.165) is 11.5 Å². The minimum atomic E-state index is -1.53. The quantitative estimate of drug-likeness (QED) is 0.476. The summed E-state index contributed by atoms with van der Waals surface area (Å²) in [5.41, 5.74) is 1.30. The van der Waals surface area contributed by atoms with Gasteiger partial charge in [0.15, 0.2) is 0 Å². The SMILES string of the molecule is O=C(O)C(=O)c1ncsn1. The molecule has 0 saturated heterocycles. The summed E-state index contributed by atoms with van der Waals surface area (Å²) in [7, 11) is 0. The van der Waals surface area contributed by atoms with Gasteiger partial charge in [-0.1, -0.05) is 0 Å². The van der Waals surface area contributed by atoms with Crippen molar-refractivity contribution in [2.75, 3.05) is 0 Å². The number of carboxylic acids is 1. The molecule has 1 heterocycles. The number of hydrogen-bond acceptors (Lipinski definition) is 5. The molecule has 1 aromatic heterocycles. The summed E-state index contributed by atoms with van der Waals surface area (Å²) in [6.07, 6.45) is 0. The summed E-state index contributed by atoms with van der Waals surface area (Å²) in [6.45, 7) is 0. The van der Waals surface area contributed by atoms with Crippen LogP contribution in [0.3, 0.4) is 0 Å². The molecule has 0 unspecified atom stereocenters. The Morgan fingerprint density at radius 2 is 2.30 bits per heavy atom. The van der Waals surface area contributed by atoms with Gasteiger partial charge in [0.05, 0.1) is 0 Å². The highest BCUT2D eigenvalue weighted by molar-refractivity contribution is 7.03. The van der Waals surface area contributed by atoms with Gasteiger partial charge in [-0.05, 0) is 11.5 Å². The van der Waals surface area contributed by atoms with E-state index in [2.05, 4.69) is 9.36 Å². The molecule has 0 aliphatic rings. The molecule has 0 amide bonds. The summed E-state index contributed by atoms with van der Waals surface area (Å²) < 4.78 is 3.44. The maximum absolute atomic E-state index is 10.5. The van der Waals surface area contributed by atoms with Crippen LogP contribution in [0.2, 0.25) is 0 Å². The standard InChI is InChI=1S/C4H2N2O3S/c7-2(4(8)9)3-5-1-10-6-3/h1H,(H,8,9). The Bertz CT molecular complexity index is 255. The van der Waals surface area contributed by atoms with Crippen LogP contribution in [-0.4, -0.2) is 26.2 Å². The van der Waals surface area contributed by atoms with Gasteiger partial charge in [0.2, 0.25) is 5.82 Å². The molecule has 1 N–H and O–H groups in total. The number of hydrogen-bond donors (Lipinski definition) is 1. The highest BCUT2D eigenvalue weighted by Gasteiger charge is 2.17. The number of rotatable bonds is 2. The lowest BCUT2D eigenvalue weighted by Gasteiger charge is -1.82. The largest absolute Gasteiger partial charge is 0.475 e. The zero-order valence-corrected chi connectivity index (χ0v) is 5.46. The Hall–Kier alpha value is -1.30. The molecule has 10 heavy (non-hydrogen) atoms. The molecular weight excluding hydrogens is 156 g/mol. The van der Waals surface area contributed by atoms with Gasteiger partial charge in [0.25, 0.3) is 0 Å². The first-order chi connectivity index (χ1) is 4.72. The number of ketones is 1. The highest BCUT2D eigenvalue weighted by Crippen LogP contribution is 1.94. The van der Waals surface area contributed by atoms with Gasteiger partial charge in [-0.2, -0.15) is 4.37 Å². The Balaban J connectivity index is 2.88. The van der Waals surface area contributed by atoms with Crippen molar-refractivity contribution in [1.82, 2.24) is 9.36 Å². The van der Waals surface area contributed by atoms with Gasteiger partial charge in [-0.25, -0.2) is 9.78 Å². The van der Waals surface area contributed by atoms with Crippen molar-refractivity contribution >= 4 is 23.3 Å². The number of Topliss-reactive ketones (excluding diaryl/α,β-unsaturated/α-hetero) is 1. The molecule has 0 saturated carbocycles. The molecule has 0 fully saturated rings. The van der Waals surface area contributed by atoms with Gasteiger partial charge in [-0.15, -0.1) is 0 Å². The second kappa shape index (κ2) is 2.53. The molecule has 0 atom stereocenters. The van der Waals surface area contributed by atoms with E-state index < -0.39 is 11.8 Å². The van der Waals surface area contributed by atoms with Crippen molar-refractivity contribution in [3.63, 3.8) is 0 Å². The molecule has 5 nitrogen and oxygen atoms in total. The van der Waals surface area contributed by atoms with E-state index in [9.17, 15) is 9.59 Å². The van der Waals surface area contributed by atoms with Gasteiger partial charge >= 0.3 is 11.8 Å². The summed E-state index contributed by atoms with van der Waals surface area (Å²) in [6, 6.07) is 0. The van der Waals surface area contributed by atoms with E-state index in [1.54, 1.807) is 0 Å². The molecule has 52 valence electrons. The second-order valence-corrected chi connectivity index (χ2v) is 1.99. The van der Waals surface area contributed by atoms with E-state index in [0.29, 0.717) is 0 Å². The Labute approximate surface area is 59.5 Å². The number of aromatic nitrogens is 2. The molecule has 0 aromatic carbocycles. The van der Waals surface area contributed by atoms with Crippen LogP contribution < -0.4 is 0 Å². The molecular formula is C4H2N2O3S. The highest BCUT2D eigenvalue weighted by atomic mass is 32.1. The smallest absolute Gasteiger partial charge is 0.380 e. The first kappa shape index (κ1) is 6.81. The van der Waals surface area contributed by atoms with Crippen molar-refractivity contribution in [3.05, 3.63) is 11.3 Å². The fraction of sp³-hybridized carbons (Fsp3) is 0. The maximum atomic E-state index is 10.5. The van der Waals surface area contributed by atoms with Crippen LogP contribution in [0.4, 0.5) is 0 Å². The third kappa shape index (κ3) is 1.16. The van der Waals surface area contributed by atoms with Crippen LogP contribution in [0, 0.1) is 0 Å². The lowest BCUT2D eigenvalue weighted by atomic mass is 10.4. The fourth-order valence-electron chi connectivity index (χ4n) is 0.366. The second-order valence-electron chi connectivity index (χ2n) is 1.39. The van der Waals surface area contributed by atoms with Crippen LogP contribution in [0.15, 0.2) is 5.51 Å². The Kier molecular flexibility index (Phi) is 1.72. The number of nitrogens with zero attached hydrogens (tertiary/aromatic N) is 2. The van der Waals surface area contributed by atoms with Gasteiger partial charge in [-0.3, -0.25) is 4.79 Å². The molecule has 6 heteroatoms. The van der Waals surface area contributed by atoms with Crippen LogP contribution >= 0.6 is 11.5 Å². The predicted molar refractivity (Wildman–Crippen MR) is 31.9 cm³/mol. The minimum absolute atomic E-state index is 0.252. The van der Waals surface area contributed by atoms with Crippen molar-refractivity contribution in [2.45, 2.75) is 0 Å². The number of carbonyl (C=O) groups excluding carboxylic acids is 1. The fourth-order valence-corrected chi connectivity index (χ4v) is 0.790. The average molecular weight is 158 g/mol. The zero-order chi connectivity index (χ0) is 7.56. The first-order valence-corrected chi connectivity index (χ1v) is 3.09. The summed E-state index contributed by atoms with van der Waals surface area (Å²) in [5.74, 6) is -2.85. The Morgan fingerprint density at radius 3 is 2.70 bits per heavy atom. The van der Waals surface area contributed by atoms with Crippen molar-refractivity contribution in [3.8, 4) is 0 Å². The van der Waals surface area contributed by atoms with Crippen molar-refractivity contribution in [1.29, 1.82) is 0 Å². The van der Waals surface area contributed by atoms with Crippen LogP contribution in [0.25, 0.3) is 0 Å². The molecule has 0 aliphatic heterocycles. The van der Waals surface area contributed by atoms with E-state index >= 15 is 0 Å². The summed E-state index contributed by atoms with van der Waals surface area (Å²) in [4.78, 5) is 23.9. The van der Waals surface area contributed by atoms with Crippen LogP contribution in [0.5, 0.6) is 0 Å². The number of carboxylic acid groups (broad SMARTS) is 1. The third-order valence-corrected chi connectivity index (χ3v) is 1.24. The molecule has 0 spiro atoms. The molecule has 0 aliphatic carbocycles. The number of carbonyl (C=O) groups is 2. The normalized spacial score (nSPS) is 9.20. The zero-order valence-electron chi connectivity index (χ0n) is 4.64. The lowest BCUT2D eigenvalue weighted by Crippen LogP contribution is -2.13. The van der Waals surface area contributed by atoms with E-state index in [1.807, 2.05) is 0 Å². The maximum Gasteiger partial charge on any atom is 0.380 e. The van der Waals surface area contributed by atoms with Crippen LogP contribution in [0.1, 0.15) is 10.6 Å². The third-order valence-electron chi connectivity index (χ3n) is 0.759. The predicted octanol–water partition coefficient (Wildman–Crippen LogP) is -0.195. The van der Waals surface area contributed by atoms with Crippen molar-refractivity contribution < 1.29 is 14.7 Å². The van der Waals surface area contributed by atoms with Crippen LogP contribution in [-0.2, 0) is 4.79 Å². The first-order valence-electron chi connectivity index (χ1n) is 2.26. The monoisotopic (exact) mass is 158 g/mol. The topological polar surface area (TPSA) is 80.1 Å². The summed E-state index contributed by atoms with van der Waals surface area (Å²) >= 11 is 0.940. The van der Waals surface area contributed by atoms with Gasteiger partial charge in [0, 0.05) is 0 Å². The molecule has 1 rings (SSSR count). The lowest BCUT2D eigenvalue weighted by molar-refractivity contribution is -0.131.